The van der Waals surface area contributed by atoms with Gasteiger partial charge in [0.15, 0.2) is 0 Å². The molecule has 1 aromatic rings. The molecular weight excluding hydrogens is 214 g/mol. The number of anilines is 1. The fourth-order valence-electron chi connectivity index (χ4n) is 3.06. The fourth-order valence-corrected chi connectivity index (χ4v) is 3.06. The highest BCUT2D eigenvalue weighted by molar-refractivity contribution is 6.06. The highest BCUT2D eigenvalue weighted by Crippen LogP contribution is 2.46. The van der Waals surface area contributed by atoms with E-state index in [0.717, 1.165) is 24.1 Å². The minimum atomic E-state index is -0.348. The van der Waals surface area contributed by atoms with Crippen LogP contribution >= 0.6 is 0 Å². The SMILES string of the molecule is Cc1ccc2c(c1)C1(CCOC(C)C1)C(=O)N2. The molecule has 3 heteroatoms. The minimum absolute atomic E-state index is 0.147. The van der Waals surface area contributed by atoms with E-state index in [1.165, 1.54) is 5.56 Å². The van der Waals surface area contributed by atoms with Crippen LogP contribution in [-0.2, 0) is 14.9 Å². The Morgan fingerprint density at radius 1 is 1.47 bits per heavy atom. The van der Waals surface area contributed by atoms with Crippen LogP contribution in [0, 0.1) is 6.92 Å². The van der Waals surface area contributed by atoms with E-state index in [9.17, 15) is 4.79 Å². The number of hydrogen-bond acceptors (Lipinski definition) is 2. The normalized spacial score (nSPS) is 31.4. The lowest BCUT2D eigenvalue weighted by molar-refractivity contribution is -0.126. The summed E-state index contributed by atoms with van der Waals surface area (Å²) in [7, 11) is 0. The molecule has 1 spiro atoms. The van der Waals surface area contributed by atoms with Crippen LogP contribution in [-0.4, -0.2) is 18.6 Å². The van der Waals surface area contributed by atoms with Crippen LogP contribution in [0.3, 0.4) is 0 Å². The van der Waals surface area contributed by atoms with Gasteiger partial charge in [0.25, 0.3) is 0 Å². The summed E-state index contributed by atoms with van der Waals surface area (Å²) in [6.07, 6.45) is 1.73. The molecule has 1 saturated heterocycles. The number of carbonyl (C=O) groups excluding carboxylic acids is 1. The number of nitrogens with one attached hydrogen (secondary N) is 1. The number of carbonyl (C=O) groups is 1. The van der Waals surface area contributed by atoms with Crippen molar-refractivity contribution in [2.75, 3.05) is 11.9 Å². The van der Waals surface area contributed by atoms with Crippen molar-refractivity contribution in [3.05, 3.63) is 29.3 Å². The van der Waals surface area contributed by atoms with Crippen molar-refractivity contribution in [1.29, 1.82) is 0 Å². The Bertz CT molecular complexity index is 483. The molecule has 1 N–H and O–H groups in total. The maximum atomic E-state index is 12.3. The molecule has 1 amide bonds. The van der Waals surface area contributed by atoms with Crippen molar-refractivity contribution in [3.8, 4) is 0 Å². The summed E-state index contributed by atoms with van der Waals surface area (Å²) in [5, 5.41) is 3.01. The number of amides is 1. The lowest BCUT2D eigenvalue weighted by atomic mass is 9.73. The Labute approximate surface area is 101 Å². The van der Waals surface area contributed by atoms with Gasteiger partial charge in [0.1, 0.15) is 0 Å². The van der Waals surface area contributed by atoms with Gasteiger partial charge in [-0.1, -0.05) is 17.7 Å². The van der Waals surface area contributed by atoms with Gasteiger partial charge < -0.3 is 10.1 Å². The number of hydrogen-bond donors (Lipinski definition) is 1. The molecule has 0 saturated carbocycles. The van der Waals surface area contributed by atoms with Crippen molar-refractivity contribution >= 4 is 11.6 Å². The third kappa shape index (κ3) is 1.49. The van der Waals surface area contributed by atoms with E-state index in [-0.39, 0.29) is 17.4 Å². The standard InChI is InChI=1S/C14H17NO2/c1-9-3-4-12-11(7-9)14(13(16)15-12)5-6-17-10(2)8-14/h3-4,7,10H,5-6,8H2,1-2H3,(H,15,16). The van der Waals surface area contributed by atoms with Gasteiger partial charge in [-0.25, -0.2) is 0 Å². The van der Waals surface area contributed by atoms with Crippen molar-refractivity contribution in [3.63, 3.8) is 0 Å². The van der Waals surface area contributed by atoms with Crippen LogP contribution in [0.15, 0.2) is 18.2 Å². The number of aryl methyl sites for hydroxylation is 1. The molecule has 1 fully saturated rings. The van der Waals surface area contributed by atoms with Crippen molar-refractivity contribution < 1.29 is 9.53 Å². The molecular formula is C14H17NO2. The first-order valence-corrected chi connectivity index (χ1v) is 6.16. The second-order valence-corrected chi connectivity index (χ2v) is 5.22. The molecule has 2 aliphatic heterocycles. The van der Waals surface area contributed by atoms with Crippen molar-refractivity contribution in [2.45, 2.75) is 38.2 Å². The number of rotatable bonds is 0. The van der Waals surface area contributed by atoms with Gasteiger partial charge in [0.2, 0.25) is 5.91 Å². The van der Waals surface area contributed by atoms with E-state index in [2.05, 4.69) is 18.3 Å². The second-order valence-electron chi connectivity index (χ2n) is 5.22. The molecule has 17 heavy (non-hydrogen) atoms. The largest absolute Gasteiger partial charge is 0.378 e. The van der Waals surface area contributed by atoms with Gasteiger partial charge in [-0.15, -0.1) is 0 Å². The van der Waals surface area contributed by atoms with E-state index in [1.54, 1.807) is 0 Å². The van der Waals surface area contributed by atoms with Crippen LogP contribution in [0.4, 0.5) is 5.69 Å². The Balaban J connectivity index is 2.11. The summed E-state index contributed by atoms with van der Waals surface area (Å²) >= 11 is 0. The summed E-state index contributed by atoms with van der Waals surface area (Å²) in [6.45, 7) is 4.78. The third-order valence-electron chi connectivity index (χ3n) is 3.94. The van der Waals surface area contributed by atoms with E-state index < -0.39 is 0 Å². The highest BCUT2D eigenvalue weighted by Gasteiger charge is 2.49. The number of fused-ring (bicyclic) bond motifs is 2. The Morgan fingerprint density at radius 2 is 2.29 bits per heavy atom. The van der Waals surface area contributed by atoms with Crippen LogP contribution in [0.25, 0.3) is 0 Å². The maximum Gasteiger partial charge on any atom is 0.235 e. The summed E-state index contributed by atoms with van der Waals surface area (Å²) < 4.78 is 5.58. The molecule has 0 radical (unpaired) electrons. The molecule has 90 valence electrons. The van der Waals surface area contributed by atoms with Crippen molar-refractivity contribution in [2.24, 2.45) is 0 Å². The van der Waals surface area contributed by atoms with Crippen LogP contribution < -0.4 is 5.32 Å². The summed E-state index contributed by atoms with van der Waals surface area (Å²) in [5.41, 5.74) is 3.00. The molecule has 2 unspecified atom stereocenters. The van der Waals surface area contributed by atoms with Crippen LogP contribution in [0.2, 0.25) is 0 Å². The average Bonchev–Trinajstić information content (AvgIpc) is 2.53. The average molecular weight is 231 g/mol. The fraction of sp³-hybridized carbons (Fsp3) is 0.500. The summed E-state index contributed by atoms with van der Waals surface area (Å²) in [5.74, 6) is 0.147. The van der Waals surface area contributed by atoms with Gasteiger partial charge in [0.05, 0.1) is 11.5 Å². The third-order valence-corrected chi connectivity index (χ3v) is 3.94. The quantitative estimate of drug-likeness (QED) is 0.744. The van der Waals surface area contributed by atoms with E-state index in [0.29, 0.717) is 6.61 Å². The van der Waals surface area contributed by atoms with Crippen molar-refractivity contribution in [1.82, 2.24) is 0 Å². The molecule has 2 heterocycles. The first-order valence-electron chi connectivity index (χ1n) is 6.16. The van der Waals surface area contributed by atoms with Crippen LogP contribution in [0.5, 0.6) is 0 Å². The molecule has 1 aromatic carbocycles. The first kappa shape index (κ1) is 10.8. The molecule has 3 rings (SSSR count). The Morgan fingerprint density at radius 3 is 3.06 bits per heavy atom. The number of ether oxygens (including phenoxy) is 1. The lowest BCUT2D eigenvalue weighted by Gasteiger charge is -2.35. The smallest absolute Gasteiger partial charge is 0.235 e. The summed E-state index contributed by atoms with van der Waals surface area (Å²) in [4.78, 5) is 12.3. The lowest BCUT2D eigenvalue weighted by Crippen LogP contribution is -2.42. The first-order chi connectivity index (χ1) is 8.12. The van der Waals surface area contributed by atoms with Gasteiger partial charge in [-0.3, -0.25) is 4.79 Å². The predicted octanol–water partition coefficient (Wildman–Crippen LogP) is 2.38. The van der Waals surface area contributed by atoms with Gasteiger partial charge >= 0.3 is 0 Å². The molecule has 0 aromatic heterocycles. The zero-order valence-corrected chi connectivity index (χ0v) is 10.2. The van der Waals surface area contributed by atoms with Gasteiger partial charge in [0, 0.05) is 12.3 Å². The Hall–Kier alpha value is -1.35. The highest BCUT2D eigenvalue weighted by atomic mass is 16.5. The minimum Gasteiger partial charge on any atom is -0.378 e. The second kappa shape index (κ2) is 3.57. The molecule has 0 bridgehead atoms. The van der Waals surface area contributed by atoms with Gasteiger partial charge in [-0.05, 0) is 38.3 Å². The van der Waals surface area contributed by atoms with E-state index >= 15 is 0 Å². The molecule has 0 aliphatic carbocycles. The molecule has 3 nitrogen and oxygen atoms in total. The predicted molar refractivity (Wildman–Crippen MR) is 66.1 cm³/mol. The van der Waals surface area contributed by atoms with E-state index in [4.69, 9.17) is 4.74 Å². The molecule has 2 aliphatic rings. The topological polar surface area (TPSA) is 38.3 Å². The zero-order valence-electron chi connectivity index (χ0n) is 10.2. The maximum absolute atomic E-state index is 12.3. The summed E-state index contributed by atoms with van der Waals surface area (Å²) in [6, 6.07) is 6.20. The van der Waals surface area contributed by atoms with Crippen LogP contribution in [0.1, 0.15) is 30.9 Å². The zero-order chi connectivity index (χ0) is 12.0. The van der Waals surface area contributed by atoms with Gasteiger partial charge in [-0.2, -0.15) is 0 Å². The number of benzene rings is 1. The van der Waals surface area contributed by atoms with E-state index in [1.807, 2.05) is 19.1 Å². The monoisotopic (exact) mass is 231 g/mol. The Kier molecular flexibility index (Phi) is 2.26. The molecule has 2 atom stereocenters.